The summed E-state index contributed by atoms with van der Waals surface area (Å²) in [5.41, 5.74) is 0.833. The van der Waals surface area contributed by atoms with Crippen molar-refractivity contribution in [2.75, 3.05) is 23.3 Å². The molecule has 0 fully saturated rings. The third-order valence-corrected chi connectivity index (χ3v) is 2.95. The highest BCUT2D eigenvalue weighted by Crippen LogP contribution is 2.32. The van der Waals surface area contributed by atoms with Crippen molar-refractivity contribution in [1.82, 2.24) is 0 Å². The van der Waals surface area contributed by atoms with E-state index in [0.717, 1.165) is 8.47 Å². The largest absolute Gasteiger partial charge is 0.405 e. The van der Waals surface area contributed by atoms with Gasteiger partial charge in [0.25, 0.3) is 0 Å². The van der Waals surface area contributed by atoms with E-state index in [1.165, 1.54) is 0 Å². The van der Waals surface area contributed by atoms with Crippen LogP contribution in [0.5, 0.6) is 0 Å². The molecule has 0 bridgehead atoms. The van der Waals surface area contributed by atoms with E-state index >= 15 is 0 Å². The lowest BCUT2D eigenvalue weighted by molar-refractivity contribution is -0.122. The van der Waals surface area contributed by atoms with Crippen LogP contribution in [0, 0.1) is 3.57 Å². The van der Waals surface area contributed by atoms with Crippen molar-refractivity contribution in [3.63, 3.8) is 0 Å². The maximum atomic E-state index is 12.4. The van der Waals surface area contributed by atoms with Crippen LogP contribution in [0.3, 0.4) is 0 Å². The number of halogens is 4. The molecule has 1 heterocycles. The smallest absolute Gasteiger partial charge is 0.351 e. The highest BCUT2D eigenvalue weighted by Gasteiger charge is 2.34. The molecule has 0 radical (unpaired) electrons. The lowest BCUT2D eigenvalue weighted by atomic mass is 10.2. The van der Waals surface area contributed by atoms with Gasteiger partial charge in [-0.3, -0.25) is 4.79 Å². The standard InChI is InChI=1S/C10H8F3IN2O/c11-10(12,13)5-16-4-9(17)15-7-3-6(14)1-2-8(7)16/h1-3H,4-5H2,(H,15,17). The molecule has 1 aromatic rings. The molecule has 1 aromatic carbocycles. The fraction of sp³-hybridized carbons (Fsp3) is 0.300. The van der Waals surface area contributed by atoms with Crippen molar-refractivity contribution >= 4 is 39.9 Å². The first kappa shape index (κ1) is 12.5. The van der Waals surface area contributed by atoms with Crippen LogP contribution >= 0.6 is 22.6 Å². The summed E-state index contributed by atoms with van der Waals surface area (Å²) in [4.78, 5) is 12.3. The minimum Gasteiger partial charge on any atom is -0.351 e. The van der Waals surface area contributed by atoms with Crippen molar-refractivity contribution in [2.24, 2.45) is 0 Å². The topological polar surface area (TPSA) is 32.3 Å². The third-order valence-electron chi connectivity index (χ3n) is 2.28. The monoisotopic (exact) mass is 356 g/mol. The van der Waals surface area contributed by atoms with Crippen LogP contribution in [0.25, 0.3) is 0 Å². The zero-order valence-electron chi connectivity index (χ0n) is 8.51. The average Bonchev–Trinajstić information content (AvgIpc) is 2.13. The van der Waals surface area contributed by atoms with Crippen molar-refractivity contribution in [3.8, 4) is 0 Å². The van der Waals surface area contributed by atoms with E-state index in [-0.39, 0.29) is 6.54 Å². The molecule has 0 saturated heterocycles. The number of rotatable bonds is 1. The lowest BCUT2D eigenvalue weighted by Gasteiger charge is -2.31. The average molecular weight is 356 g/mol. The van der Waals surface area contributed by atoms with Gasteiger partial charge in [0.2, 0.25) is 5.91 Å². The second-order valence-electron chi connectivity index (χ2n) is 3.68. The second-order valence-corrected chi connectivity index (χ2v) is 4.93. The summed E-state index contributed by atoms with van der Waals surface area (Å²) in [5.74, 6) is -0.427. The SMILES string of the molecule is O=C1CN(CC(F)(F)F)c2ccc(I)cc2N1. The van der Waals surface area contributed by atoms with Crippen molar-refractivity contribution in [2.45, 2.75) is 6.18 Å². The normalized spacial score (nSPS) is 15.5. The fourth-order valence-corrected chi connectivity index (χ4v) is 2.18. The summed E-state index contributed by atoms with van der Waals surface area (Å²) in [6, 6.07) is 4.94. The van der Waals surface area contributed by atoms with Crippen molar-refractivity contribution in [1.29, 1.82) is 0 Å². The van der Waals surface area contributed by atoms with Crippen LogP contribution in [0.4, 0.5) is 24.5 Å². The summed E-state index contributed by atoms with van der Waals surface area (Å²) < 4.78 is 38.0. The number of carbonyl (C=O) groups excluding carboxylic acids is 1. The van der Waals surface area contributed by atoms with Gasteiger partial charge in [-0.2, -0.15) is 13.2 Å². The van der Waals surface area contributed by atoms with Crippen LogP contribution in [-0.2, 0) is 4.79 Å². The molecule has 0 atom stereocenters. The van der Waals surface area contributed by atoms with Gasteiger partial charge < -0.3 is 10.2 Å². The number of anilines is 2. The van der Waals surface area contributed by atoms with E-state index in [1.54, 1.807) is 18.2 Å². The van der Waals surface area contributed by atoms with Gasteiger partial charge in [0, 0.05) is 3.57 Å². The summed E-state index contributed by atoms with van der Waals surface area (Å²) >= 11 is 2.04. The Balaban J connectivity index is 2.34. The molecule has 7 heteroatoms. The molecule has 0 unspecified atom stereocenters. The molecule has 2 rings (SSSR count). The number of nitrogens with zero attached hydrogens (tertiary/aromatic N) is 1. The van der Waals surface area contributed by atoms with Gasteiger partial charge in [-0.1, -0.05) is 0 Å². The summed E-state index contributed by atoms with van der Waals surface area (Å²) in [5, 5.41) is 2.56. The predicted molar refractivity (Wildman–Crippen MR) is 66.1 cm³/mol. The molecule has 0 aliphatic carbocycles. The molecule has 92 valence electrons. The highest BCUT2D eigenvalue weighted by molar-refractivity contribution is 14.1. The van der Waals surface area contributed by atoms with Crippen molar-refractivity contribution < 1.29 is 18.0 Å². The zero-order chi connectivity index (χ0) is 12.6. The molecule has 1 aliphatic heterocycles. The Morgan fingerprint density at radius 1 is 1.41 bits per heavy atom. The Morgan fingerprint density at radius 3 is 2.76 bits per heavy atom. The summed E-state index contributed by atoms with van der Waals surface area (Å²) in [7, 11) is 0. The first-order valence-electron chi connectivity index (χ1n) is 4.76. The van der Waals surface area contributed by atoms with Crippen LogP contribution < -0.4 is 10.2 Å². The number of carbonyl (C=O) groups is 1. The second kappa shape index (κ2) is 4.35. The summed E-state index contributed by atoms with van der Waals surface area (Å²) in [6.45, 7) is -1.39. The van der Waals surface area contributed by atoms with E-state index in [9.17, 15) is 18.0 Å². The first-order chi connectivity index (χ1) is 7.85. The fourth-order valence-electron chi connectivity index (χ4n) is 1.69. The van der Waals surface area contributed by atoms with E-state index in [1.807, 2.05) is 22.6 Å². The molecule has 0 aromatic heterocycles. The molecular weight excluding hydrogens is 348 g/mol. The number of hydrogen-bond donors (Lipinski definition) is 1. The minimum absolute atomic E-state index is 0.271. The molecule has 1 amide bonds. The number of fused-ring (bicyclic) bond motifs is 1. The van der Waals surface area contributed by atoms with Gasteiger partial charge in [-0.25, -0.2) is 0 Å². The van der Waals surface area contributed by atoms with E-state index in [2.05, 4.69) is 5.32 Å². The predicted octanol–water partition coefficient (Wildman–Crippen LogP) is 2.61. The van der Waals surface area contributed by atoms with Crippen LogP contribution in [0.15, 0.2) is 18.2 Å². The maximum absolute atomic E-state index is 12.4. The molecule has 1 N–H and O–H groups in total. The van der Waals surface area contributed by atoms with Crippen LogP contribution in [0.2, 0.25) is 0 Å². The number of nitrogens with one attached hydrogen (secondary N) is 1. The molecule has 0 spiro atoms. The van der Waals surface area contributed by atoms with Gasteiger partial charge in [-0.05, 0) is 40.8 Å². The Hall–Kier alpha value is -0.990. The van der Waals surface area contributed by atoms with E-state index in [0.29, 0.717) is 11.4 Å². The Kier molecular flexibility index (Phi) is 3.19. The molecule has 3 nitrogen and oxygen atoms in total. The van der Waals surface area contributed by atoms with Crippen LogP contribution in [0.1, 0.15) is 0 Å². The first-order valence-corrected chi connectivity index (χ1v) is 5.84. The van der Waals surface area contributed by atoms with Gasteiger partial charge in [0.1, 0.15) is 6.54 Å². The van der Waals surface area contributed by atoms with Gasteiger partial charge in [0.05, 0.1) is 17.9 Å². The highest BCUT2D eigenvalue weighted by atomic mass is 127. The molecule has 1 aliphatic rings. The number of amides is 1. The molecular formula is C10H8F3IN2O. The van der Waals surface area contributed by atoms with Gasteiger partial charge >= 0.3 is 6.18 Å². The summed E-state index contributed by atoms with van der Waals surface area (Å²) in [6.07, 6.45) is -4.32. The third kappa shape index (κ3) is 3.02. The minimum atomic E-state index is -4.32. The maximum Gasteiger partial charge on any atom is 0.405 e. The van der Waals surface area contributed by atoms with E-state index < -0.39 is 18.6 Å². The van der Waals surface area contributed by atoms with E-state index in [4.69, 9.17) is 0 Å². The zero-order valence-corrected chi connectivity index (χ0v) is 10.7. The Morgan fingerprint density at radius 2 is 2.12 bits per heavy atom. The van der Waals surface area contributed by atoms with Crippen molar-refractivity contribution in [3.05, 3.63) is 21.8 Å². The number of hydrogen-bond acceptors (Lipinski definition) is 2. The number of alkyl halides is 3. The number of benzene rings is 1. The van der Waals surface area contributed by atoms with Gasteiger partial charge in [0.15, 0.2) is 0 Å². The lowest BCUT2D eigenvalue weighted by Crippen LogP contribution is -2.43. The van der Waals surface area contributed by atoms with Crippen LogP contribution in [-0.4, -0.2) is 25.2 Å². The van der Waals surface area contributed by atoms with Gasteiger partial charge in [-0.15, -0.1) is 0 Å². The molecule has 0 saturated carbocycles. The Bertz CT molecular complexity index is 461. The Labute approximate surface area is 109 Å². The molecule has 17 heavy (non-hydrogen) atoms. The quantitative estimate of drug-likeness (QED) is 0.785.